The molecule has 186 valence electrons. The van der Waals surface area contributed by atoms with Crippen molar-refractivity contribution in [3.63, 3.8) is 0 Å². The highest BCUT2D eigenvalue weighted by Gasteiger charge is 2.18. The Hall–Kier alpha value is -4.68. The summed E-state index contributed by atoms with van der Waals surface area (Å²) in [4.78, 5) is 25.9. The molecule has 0 unspecified atom stereocenters. The summed E-state index contributed by atoms with van der Waals surface area (Å²) in [6, 6.07) is 16.1. The van der Waals surface area contributed by atoms with Crippen molar-refractivity contribution in [3.05, 3.63) is 73.1 Å². The molecule has 2 aromatic heterocycles. The van der Waals surface area contributed by atoms with E-state index in [9.17, 15) is 10.1 Å². The number of nitrogens with zero attached hydrogens (tertiary/aromatic N) is 6. The molecule has 4 aromatic rings. The first kappa shape index (κ1) is 24.0. The number of rotatable bonds is 6. The van der Waals surface area contributed by atoms with Gasteiger partial charge in [0, 0.05) is 61.6 Å². The minimum Gasteiger partial charge on any atom is -0.369 e. The lowest BCUT2D eigenvalue weighted by atomic mass is 10.1. The number of aromatic nitrogens is 3. The van der Waals surface area contributed by atoms with Crippen LogP contribution in [0.1, 0.15) is 5.56 Å². The number of amides is 1. The first-order chi connectivity index (χ1) is 18.0. The van der Waals surface area contributed by atoms with E-state index in [2.05, 4.69) is 45.1 Å². The molecule has 2 aromatic carbocycles. The van der Waals surface area contributed by atoms with Crippen LogP contribution in [0.5, 0.6) is 0 Å². The number of carbonyl (C=O) groups excluding carboxylic acids is 1. The summed E-state index contributed by atoms with van der Waals surface area (Å²) in [7, 11) is 4.08. The van der Waals surface area contributed by atoms with Crippen molar-refractivity contribution in [1.82, 2.24) is 19.4 Å². The van der Waals surface area contributed by atoms with Gasteiger partial charge in [-0.15, -0.1) is 0 Å². The van der Waals surface area contributed by atoms with E-state index in [4.69, 9.17) is 4.98 Å². The SMILES string of the molecule is C=CC(=O)Nc1cc(N2CCN(C)CC2)ccc1Nc1ncc(C#N)c(-c2cn(C)c3ccccc23)n1. The monoisotopic (exact) mass is 492 g/mol. The summed E-state index contributed by atoms with van der Waals surface area (Å²) < 4.78 is 2.01. The number of fused-ring (bicyclic) bond motifs is 1. The second-order valence-electron chi connectivity index (χ2n) is 9.08. The highest BCUT2D eigenvalue weighted by Crippen LogP contribution is 2.33. The zero-order valence-electron chi connectivity index (χ0n) is 20.9. The van der Waals surface area contributed by atoms with Crippen LogP contribution >= 0.6 is 0 Å². The largest absolute Gasteiger partial charge is 0.369 e. The summed E-state index contributed by atoms with van der Waals surface area (Å²) in [5.74, 6) is 0.0131. The van der Waals surface area contributed by atoms with E-state index < -0.39 is 0 Å². The van der Waals surface area contributed by atoms with Gasteiger partial charge in [-0.2, -0.15) is 5.26 Å². The van der Waals surface area contributed by atoms with Gasteiger partial charge in [0.25, 0.3) is 0 Å². The normalized spacial score (nSPS) is 13.8. The lowest BCUT2D eigenvalue weighted by Crippen LogP contribution is -2.44. The van der Waals surface area contributed by atoms with Crippen LogP contribution in [-0.2, 0) is 11.8 Å². The van der Waals surface area contributed by atoms with Gasteiger partial charge < -0.3 is 25.0 Å². The average Bonchev–Trinajstić information content (AvgIpc) is 3.26. The van der Waals surface area contributed by atoms with Gasteiger partial charge in [-0.05, 0) is 37.4 Å². The number of aryl methyl sites for hydroxylation is 1. The molecule has 1 amide bonds. The van der Waals surface area contributed by atoms with Crippen LogP contribution in [0.25, 0.3) is 22.2 Å². The number of piperazine rings is 1. The summed E-state index contributed by atoms with van der Waals surface area (Å²) in [6.45, 7) is 7.35. The molecule has 0 bridgehead atoms. The van der Waals surface area contributed by atoms with E-state index in [0.29, 0.717) is 28.6 Å². The number of likely N-dealkylation sites (N-methyl/N-ethyl adjacent to an activating group) is 1. The second-order valence-corrected chi connectivity index (χ2v) is 9.08. The smallest absolute Gasteiger partial charge is 0.247 e. The van der Waals surface area contributed by atoms with Crippen molar-refractivity contribution in [2.24, 2.45) is 7.05 Å². The average molecular weight is 493 g/mol. The number of nitriles is 1. The molecule has 9 nitrogen and oxygen atoms in total. The van der Waals surface area contributed by atoms with Crippen molar-refractivity contribution in [3.8, 4) is 17.3 Å². The molecule has 5 rings (SSSR count). The fraction of sp³-hybridized carbons (Fsp3) is 0.214. The maximum absolute atomic E-state index is 12.2. The Labute approximate surface area is 215 Å². The van der Waals surface area contributed by atoms with Gasteiger partial charge in [0.15, 0.2) is 0 Å². The molecule has 3 heterocycles. The Kier molecular flexibility index (Phi) is 6.58. The molecule has 1 aliphatic heterocycles. The summed E-state index contributed by atoms with van der Waals surface area (Å²) in [6.07, 6.45) is 4.73. The van der Waals surface area contributed by atoms with Gasteiger partial charge in [0.1, 0.15) is 6.07 Å². The van der Waals surface area contributed by atoms with E-state index >= 15 is 0 Å². The third-order valence-electron chi connectivity index (χ3n) is 6.62. The maximum Gasteiger partial charge on any atom is 0.247 e. The molecule has 0 saturated carbocycles. The van der Waals surface area contributed by atoms with Gasteiger partial charge >= 0.3 is 0 Å². The molecule has 2 N–H and O–H groups in total. The van der Waals surface area contributed by atoms with Crippen molar-refractivity contribution < 1.29 is 4.79 Å². The Morgan fingerprint density at radius 1 is 1.11 bits per heavy atom. The number of para-hydroxylation sites is 1. The van der Waals surface area contributed by atoms with E-state index in [1.807, 2.05) is 60.3 Å². The standard InChI is InChI=1S/C28H28N8O/c1-4-26(37)31-24-15-20(36-13-11-34(2)12-14-36)9-10-23(24)32-28-30-17-19(16-29)27(33-28)22-18-35(3)25-8-6-5-7-21(22)25/h4-10,15,17-18H,1,11-14H2,2-3H3,(H,31,37)(H,30,32,33). The van der Waals surface area contributed by atoms with E-state index in [-0.39, 0.29) is 5.91 Å². The Morgan fingerprint density at radius 2 is 1.89 bits per heavy atom. The quantitative estimate of drug-likeness (QED) is 0.390. The molecule has 0 aliphatic carbocycles. The summed E-state index contributed by atoms with van der Waals surface area (Å²) in [5, 5.41) is 16.9. The van der Waals surface area contributed by atoms with Crippen molar-refractivity contribution in [2.75, 3.05) is 48.8 Å². The third-order valence-corrected chi connectivity index (χ3v) is 6.62. The number of anilines is 4. The predicted molar refractivity (Wildman–Crippen MR) is 147 cm³/mol. The van der Waals surface area contributed by atoms with E-state index in [1.54, 1.807) is 0 Å². The van der Waals surface area contributed by atoms with Crippen molar-refractivity contribution in [2.45, 2.75) is 0 Å². The fourth-order valence-corrected chi connectivity index (χ4v) is 4.57. The molecule has 0 radical (unpaired) electrons. The van der Waals surface area contributed by atoms with E-state index in [1.165, 1.54) is 12.3 Å². The minimum atomic E-state index is -0.309. The molecule has 1 aliphatic rings. The van der Waals surface area contributed by atoms with Crippen molar-refractivity contribution >= 4 is 39.8 Å². The molecule has 0 spiro atoms. The highest BCUT2D eigenvalue weighted by atomic mass is 16.1. The molecular weight excluding hydrogens is 464 g/mol. The molecule has 0 atom stereocenters. The van der Waals surface area contributed by atoms with Gasteiger partial charge in [-0.25, -0.2) is 9.97 Å². The number of nitrogens with one attached hydrogen (secondary N) is 2. The fourth-order valence-electron chi connectivity index (χ4n) is 4.57. The van der Waals surface area contributed by atoms with Crippen molar-refractivity contribution in [1.29, 1.82) is 5.26 Å². The lowest BCUT2D eigenvalue weighted by Gasteiger charge is -2.34. The van der Waals surface area contributed by atoms with Crippen LogP contribution in [0.4, 0.5) is 23.0 Å². The molecule has 37 heavy (non-hydrogen) atoms. The first-order valence-electron chi connectivity index (χ1n) is 12.1. The maximum atomic E-state index is 12.2. The van der Waals surface area contributed by atoms with Crippen LogP contribution in [0, 0.1) is 11.3 Å². The number of carbonyl (C=O) groups is 1. The lowest BCUT2D eigenvalue weighted by molar-refractivity contribution is -0.111. The number of benzene rings is 2. The predicted octanol–water partition coefficient (Wildman–Crippen LogP) is 4.13. The Balaban J connectivity index is 1.51. The van der Waals surface area contributed by atoms with Gasteiger partial charge in [-0.3, -0.25) is 4.79 Å². The zero-order valence-corrected chi connectivity index (χ0v) is 20.9. The molecular formula is C28H28N8O. The Morgan fingerprint density at radius 3 is 2.65 bits per heavy atom. The number of hydrogen-bond acceptors (Lipinski definition) is 7. The van der Waals surface area contributed by atoms with Crippen LogP contribution in [0.3, 0.4) is 0 Å². The third kappa shape index (κ3) is 4.87. The van der Waals surface area contributed by atoms with Crippen LogP contribution in [0.2, 0.25) is 0 Å². The van der Waals surface area contributed by atoms with E-state index in [0.717, 1.165) is 48.3 Å². The first-order valence-corrected chi connectivity index (χ1v) is 12.1. The number of hydrogen-bond donors (Lipinski definition) is 2. The minimum absolute atomic E-state index is 0.309. The van der Waals surface area contributed by atoms with Gasteiger partial charge in [-0.1, -0.05) is 24.8 Å². The summed E-state index contributed by atoms with van der Waals surface area (Å²) >= 11 is 0. The van der Waals surface area contributed by atoms with Gasteiger partial charge in [0.05, 0.1) is 28.8 Å². The summed E-state index contributed by atoms with van der Waals surface area (Å²) in [5.41, 5.74) is 5.09. The van der Waals surface area contributed by atoms with Gasteiger partial charge in [0.2, 0.25) is 11.9 Å². The molecule has 1 fully saturated rings. The zero-order chi connectivity index (χ0) is 25.9. The molecule has 9 heteroatoms. The Bertz CT molecular complexity index is 1530. The molecule has 1 saturated heterocycles. The highest BCUT2D eigenvalue weighted by molar-refractivity contribution is 6.02. The topological polar surface area (TPSA) is 102 Å². The van der Waals surface area contributed by atoms with Crippen LogP contribution < -0.4 is 15.5 Å². The van der Waals surface area contributed by atoms with Crippen LogP contribution in [0.15, 0.2) is 67.5 Å². The second kappa shape index (κ2) is 10.1. The van der Waals surface area contributed by atoms with Crippen LogP contribution in [-0.4, -0.2) is 58.6 Å².